The van der Waals surface area contributed by atoms with Crippen LogP contribution in [-0.2, 0) is 27.2 Å². The van der Waals surface area contributed by atoms with Crippen molar-refractivity contribution < 1.29 is 18.9 Å². The Labute approximate surface area is 176 Å². The molecule has 0 aliphatic carbocycles. The number of hydrogen-bond donors (Lipinski definition) is 1. The fourth-order valence-corrected chi connectivity index (χ4v) is 4.25. The minimum absolute atomic E-state index is 0.198. The third kappa shape index (κ3) is 8.91. The van der Waals surface area contributed by atoms with Crippen LogP contribution in [0.15, 0.2) is 60.7 Å². The molecule has 2 atom stereocenters. The zero-order valence-electron chi connectivity index (χ0n) is 17.9. The Kier molecular flexibility index (Phi) is 10.8. The summed E-state index contributed by atoms with van der Waals surface area (Å²) in [4.78, 5) is 10.6. The summed E-state index contributed by atoms with van der Waals surface area (Å²) in [5, 5.41) is 0. The Morgan fingerprint density at radius 3 is 1.83 bits per heavy atom. The van der Waals surface area contributed by atoms with Gasteiger partial charge in [0.1, 0.15) is 6.10 Å². The van der Waals surface area contributed by atoms with Gasteiger partial charge in [-0.3, -0.25) is 0 Å². The maximum Gasteiger partial charge on any atom is 0.256 e. The molecule has 0 bridgehead atoms. The van der Waals surface area contributed by atoms with E-state index in [1.807, 2.05) is 65.3 Å². The Bertz CT molecular complexity index is 661. The molecule has 29 heavy (non-hydrogen) atoms. The van der Waals surface area contributed by atoms with Crippen LogP contribution < -0.4 is 0 Å². The van der Waals surface area contributed by atoms with Gasteiger partial charge >= 0.3 is 0 Å². The van der Waals surface area contributed by atoms with Gasteiger partial charge in [0.15, 0.2) is 0 Å². The van der Waals surface area contributed by atoms with Crippen LogP contribution in [0.3, 0.4) is 0 Å². The molecule has 0 amide bonds. The molecule has 2 unspecified atom stereocenters. The molecule has 0 aliphatic rings. The van der Waals surface area contributed by atoms with E-state index in [9.17, 15) is 4.89 Å². The average Bonchev–Trinajstić information content (AvgIpc) is 2.70. The van der Waals surface area contributed by atoms with E-state index in [-0.39, 0.29) is 24.8 Å². The largest absolute Gasteiger partial charge is 0.374 e. The van der Waals surface area contributed by atoms with Crippen LogP contribution in [0.1, 0.15) is 38.8 Å². The van der Waals surface area contributed by atoms with E-state index in [0.29, 0.717) is 19.8 Å². The smallest absolute Gasteiger partial charge is 0.256 e. The Morgan fingerprint density at radius 2 is 1.31 bits per heavy atom. The normalized spacial score (nSPS) is 13.9. The minimum atomic E-state index is -1.68. The third-order valence-electron chi connectivity index (χ3n) is 4.38. The summed E-state index contributed by atoms with van der Waals surface area (Å²) >= 11 is 0. The van der Waals surface area contributed by atoms with E-state index in [1.54, 1.807) is 0 Å². The van der Waals surface area contributed by atoms with Crippen molar-refractivity contribution in [3.8, 4) is 0 Å². The highest BCUT2D eigenvalue weighted by molar-refractivity contribution is 7.43. The van der Waals surface area contributed by atoms with Gasteiger partial charge in [0.05, 0.1) is 26.4 Å². The Balaban J connectivity index is 1.89. The zero-order valence-corrected chi connectivity index (χ0v) is 18.8. The molecule has 0 saturated carbocycles. The van der Waals surface area contributed by atoms with Crippen LogP contribution >= 0.6 is 8.53 Å². The van der Waals surface area contributed by atoms with Gasteiger partial charge in [0.2, 0.25) is 0 Å². The first-order chi connectivity index (χ1) is 14.0. The van der Waals surface area contributed by atoms with Crippen LogP contribution in [0.4, 0.5) is 0 Å². The molecule has 2 rings (SSSR count). The van der Waals surface area contributed by atoms with E-state index in [2.05, 4.69) is 27.7 Å². The predicted octanol–water partition coefficient (Wildman–Crippen LogP) is 5.14. The van der Waals surface area contributed by atoms with Crippen molar-refractivity contribution in [2.24, 2.45) is 0 Å². The molecule has 2 aromatic carbocycles. The second-order valence-corrected chi connectivity index (χ2v) is 8.76. The lowest BCUT2D eigenvalue weighted by atomic mass is 10.2. The van der Waals surface area contributed by atoms with Crippen LogP contribution in [0.25, 0.3) is 0 Å². The fourth-order valence-electron chi connectivity index (χ4n) is 3.02. The maximum atomic E-state index is 10.6. The molecule has 160 valence electrons. The first-order valence-electron chi connectivity index (χ1n) is 10.1. The van der Waals surface area contributed by atoms with Gasteiger partial charge in [-0.1, -0.05) is 60.7 Å². The lowest BCUT2D eigenvalue weighted by Crippen LogP contribution is -2.34. The van der Waals surface area contributed by atoms with E-state index in [4.69, 9.17) is 14.0 Å². The van der Waals surface area contributed by atoms with Crippen LogP contribution in [0.2, 0.25) is 0 Å². The molecule has 6 heteroatoms. The molecular formula is C23H34NO4P. The molecule has 0 fully saturated rings. The number of hydrogen-bond acceptors (Lipinski definition) is 5. The van der Waals surface area contributed by atoms with Gasteiger partial charge in [-0.2, -0.15) is 0 Å². The van der Waals surface area contributed by atoms with Crippen molar-refractivity contribution in [2.75, 3.05) is 13.2 Å². The van der Waals surface area contributed by atoms with Gasteiger partial charge in [-0.05, 0) is 38.8 Å². The summed E-state index contributed by atoms with van der Waals surface area (Å²) in [5.74, 6) is 0. The second kappa shape index (κ2) is 13.1. The van der Waals surface area contributed by atoms with Gasteiger partial charge in [0, 0.05) is 12.1 Å². The topological polar surface area (TPSA) is 51.2 Å². The summed E-state index contributed by atoms with van der Waals surface area (Å²) in [6.07, 6.45) is -0.266. The standard InChI is InChI=1S/C23H34NO4P/c1-19(2)24(20(3)4)29(25)28-18-23(27-16-22-13-9-6-10-14-22)17-26-15-21-11-7-5-8-12-21/h5-14,19-20,23,25H,15-18H2,1-4H3. The summed E-state index contributed by atoms with van der Waals surface area (Å²) in [7, 11) is -1.68. The quantitative estimate of drug-likeness (QED) is 0.456. The van der Waals surface area contributed by atoms with E-state index >= 15 is 0 Å². The van der Waals surface area contributed by atoms with Crippen molar-refractivity contribution in [2.45, 2.75) is 59.1 Å². The highest BCUT2D eigenvalue weighted by Gasteiger charge is 2.25. The summed E-state index contributed by atoms with van der Waals surface area (Å²) in [5.41, 5.74) is 2.21. The Morgan fingerprint density at radius 1 is 0.793 bits per heavy atom. The number of nitrogens with zero attached hydrogens (tertiary/aromatic N) is 1. The Hall–Kier alpha value is -1.33. The SMILES string of the molecule is CC(C)N(C(C)C)P(O)OCC(COCc1ccccc1)OCc1ccccc1. The molecule has 0 radical (unpaired) electrons. The van der Waals surface area contributed by atoms with Crippen LogP contribution in [0.5, 0.6) is 0 Å². The predicted molar refractivity (Wildman–Crippen MR) is 118 cm³/mol. The molecule has 0 heterocycles. The number of rotatable bonds is 13. The van der Waals surface area contributed by atoms with Crippen molar-refractivity contribution in [3.05, 3.63) is 71.8 Å². The first kappa shape index (κ1) is 23.9. The minimum Gasteiger partial charge on any atom is -0.374 e. The molecule has 1 N–H and O–H groups in total. The molecule has 0 spiro atoms. The van der Waals surface area contributed by atoms with Crippen LogP contribution in [0, 0.1) is 0 Å². The van der Waals surface area contributed by atoms with Crippen molar-refractivity contribution in [1.82, 2.24) is 4.67 Å². The van der Waals surface area contributed by atoms with E-state index in [1.165, 1.54) is 0 Å². The number of benzene rings is 2. The number of ether oxygens (including phenoxy) is 2. The molecule has 2 aromatic rings. The van der Waals surface area contributed by atoms with E-state index < -0.39 is 8.53 Å². The summed E-state index contributed by atoms with van der Waals surface area (Å²) in [6, 6.07) is 20.5. The molecule has 0 saturated heterocycles. The van der Waals surface area contributed by atoms with Crippen LogP contribution in [-0.4, -0.2) is 41.0 Å². The maximum absolute atomic E-state index is 10.6. The van der Waals surface area contributed by atoms with Gasteiger partial charge in [-0.25, -0.2) is 4.67 Å². The van der Waals surface area contributed by atoms with E-state index in [0.717, 1.165) is 11.1 Å². The molecule has 0 aromatic heterocycles. The second-order valence-electron chi connectivity index (χ2n) is 7.54. The lowest BCUT2D eigenvalue weighted by molar-refractivity contribution is -0.0503. The third-order valence-corrected chi connectivity index (χ3v) is 6.07. The highest BCUT2D eigenvalue weighted by Crippen LogP contribution is 2.40. The molecule has 5 nitrogen and oxygen atoms in total. The average molecular weight is 420 g/mol. The van der Waals surface area contributed by atoms with Gasteiger partial charge < -0.3 is 18.9 Å². The lowest BCUT2D eigenvalue weighted by Gasteiger charge is -2.33. The molecular weight excluding hydrogens is 385 g/mol. The summed E-state index contributed by atoms with van der Waals surface area (Å²) in [6.45, 7) is 9.90. The zero-order chi connectivity index (χ0) is 21.1. The van der Waals surface area contributed by atoms with Gasteiger partial charge in [-0.15, -0.1) is 0 Å². The van der Waals surface area contributed by atoms with Crippen molar-refractivity contribution >= 4 is 8.53 Å². The fraction of sp³-hybridized carbons (Fsp3) is 0.478. The van der Waals surface area contributed by atoms with Crippen molar-refractivity contribution in [1.29, 1.82) is 0 Å². The van der Waals surface area contributed by atoms with Gasteiger partial charge in [0.25, 0.3) is 8.53 Å². The highest BCUT2D eigenvalue weighted by atomic mass is 31.2. The first-order valence-corrected chi connectivity index (χ1v) is 11.3. The summed E-state index contributed by atoms with van der Waals surface area (Å²) < 4.78 is 19.7. The monoisotopic (exact) mass is 419 g/mol. The molecule has 0 aliphatic heterocycles. The van der Waals surface area contributed by atoms with Crippen molar-refractivity contribution in [3.63, 3.8) is 0 Å².